The van der Waals surface area contributed by atoms with Gasteiger partial charge in [-0.3, -0.25) is 4.79 Å². The van der Waals surface area contributed by atoms with E-state index < -0.39 is 30.1 Å². The molecule has 0 heterocycles. The zero-order valence-corrected chi connectivity index (χ0v) is 16.6. The molecule has 1 aromatic rings. The average molecular weight is 414 g/mol. The maximum atomic E-state index is 13.6. The van der Waals surface area contributed by atoms with E-state index in [4.69, 9.17) is 9.47 Å². The fraction of sp³-hybridized carbons (Fsp3) is 0.429. The summed E-state index contributed by atoms with van der Waals surface area (Å²) in [5.41, 5.74) is -3.00. The Morgan fingerprint density at radius 3 is 2.10 bits per heavy atom. The fourth-order valence-corrected chi connectivity index (χ4v) is 2.44. The van der Waals surface area contributed by atoms with E-state index in [0.29, 0.717) is 12.5 Å². The lowest BCUT2D eigenvalue weighted by Crippen LogP contribution is -2.40. The molecule has 160 valence electrons. The third-order valence-electron chi connectivity index (χ3n) is 4.05. The minimum atomic E-state index is -5.00. The molecule has 0 aromatic heterocycles. The minimum Gasteiger partial charge on any atom is -0.466 e. The molecule has 0 fully saturated rings. The first kappa shape index (κ1) is 24.4. The second-order valence-corrected chi connectivity index (χ2v) is 6.07. The van der Waals surface area contributed by atoms with Crippen molar-refractivity contribution >= 4 is 11.9 Å². The smallest absolute Gasteiger partial charge is 0.425 e. The van der Waals surface area contributed by atoms with Crippen molar-refractivity contribution in [1.29, 1.82) is 0 Å². The van der Waals surface area contributed by atoms with Crippen molar-refractivity contribution in [2.24, 2.45) is 0 Å². The molecule has 1 rings (SSSR count). The number of benzene rings is 1. The highest BCUT2D eigenvalue weighted by atomic mass is 19.4. The zero-order chi connectivity index (χ0) is 22.1. The Kier molecular flexibility index (Phi) is 9.10. The normalized spacial score (nSPS) is 14.5. The number of carbonyl (C=O) groups is 2. The van der Waals surface area contributed by atoms with Gasteiger partial charge >= 0.3 is 18.1 Å². The van der Waals surface area contributed by atoms with Gasteiger partial charge in [-0.1, -0.05) is 43.3 Å². The van der Waals surface area contributed by atoms with Gasteiger partial charge in [-0.25, -0.2) is 4.79 Å². The lowest BCUT2D eigenvalue weighted by molar-refractivity contribution is -0.245. The third kappa shape index (κ3) is 6.74. The molecule has 1 N–H and O–H groups in total. The summed E-state index contributed by atoms with van der Waals surface area (Å²) in [4.78, 5) is 23.6. The van der Waals surface area contributed by atoms with Gasteiger partial charge in [0, 0.05) is 5.57 Å². The highest BCUT2D eigenvalue weighted by molar-refractivity contribution is 5.94. The third-order valence-corrected chi connectivity index (χ3v) is 4.05. The van der Waals surface area contributed by atoms with Crippen LogP contribution in [0.2, 0.25) is 0 Å². The molecule has 0 aliphatic heterocycles. The van der Waals surface area contributed by atoms with Crippen LogP contribution in [0, 0.1) is 0 Å². The Morgan fingerprint density at radius 1 is 1.03 bits per heavy atom. The van der Waals surface area contributed by atoms with E-state index in [-0.39, 0.29) is 24.4 Å². The van der Waals surface area contributed by atoms with Gasteiger partial charge in [0.05, 0.1) is 19.6 Å². The van der Waals surface area contributed by atoms with Gasteiger partial charge in [0.1, 0.15) is 0 Å². The van der Waals surface area contributed by atoms with Crippen molar-refractivity contribution in [3.05, 3.63) is 59.2 Å². The van der Waals surface area contributed by atoms with E-state index in [1.54, 1.807) is 13.8 Å². The van der Waals surface area contributed by atoms with Crippen molar-refractivity contribution in [1.82, 2.24) is 0 Å². The summed E-state index contributed by atoms with van der Waals surface area (Å²) in [7, 11) is 0. The minimum absolute atomic E-state index is 0.0268. The SMILES string of the molecule is CCOC(=O)C/C(=C\C=C\C(O)(c1ccc(CC)cc1)C(F)(F)F)C(=O)OCC. The summed E-state index contributed by atoms with van der Waals surface area (Å²) in [6.07, 6.45) is -2.42. The van der Waals surface area contributed by atoms with Crippen molar-refractivity contribution in [2.75, 3.05) is 13.2 Å². The van der Waals surface area contributed by atoms with Gasteiger partial charge in [0.2, 0.25) is 5.60 Å². The van der Waals surface area contributed by atoms with E-state index in [0.717, 1.165) is 17.7 Å². The van der Waals surface area contributed by atoms with Crippen LogP contribution in [0.3, 0.4) is 0 Å². The lowest BCUT2D eigenvalue weighted by atomic mass is 9.91. The van der Waals surface area contributed by atoms with E-state index in [2.05, 4.69) is 0 Å². The molecule has 0 amide bonds. The Balaban J connectivity index is 3.25. The lowest BCUT2D eigenvalue weighted by Gasteiger charge is -2.28. The largest absolute Gasteiger partial charge is 0.466 e. The van der Waals surface area contributed by atoms with Crippen LogP contribution in [0.4, 0.5) is 13.2 Å². The number of rotatable bonds is 9. The summed E-state index contributed by atoms with van der Waals surface area (Å²) < 4.78 is 50.4. The zero-order valence-electron chi connectivity index (χ0n) is 16.6. The van der Waals surface area contributed by atoms with Crippen LogP contribution in [0.5, 0.6) is 0 Å². The molecule has 5 nitrogen and oxygen atoms in total. The van der Waals surface area contributed by atoms with Crippen LogP contribution in [-0.4, -0.2) is 36.4 Å². The van der Waals surface area contributed by atoms with Gasteiger partial charge in [-0.05, 0) is 37.5 Å². The Labute approximate surface area is 167 Å². The predicted octanol–water partition coefficient (Wildman–Crippen LogP) is 4.00. The number of hydrogen-bond donors (Lipinski definition) is 1. The molecule has 0 spiro atoms. The molecule has 0 saturated heterocycles. The Bertz CT molecular complexity index is 751. The number of aliphatic hydroxyl groups is 1. The van der Waals surface area contributed by atoms with Crippen LogP contribution >= 0.6 is 0 Å². The number of alkyl halides is 3. The van der Waals surface area contributed by atoms with Crippen LogP contribution < -0.4 is 0 Å². The summed E-state index contributed by atoms with van der Waals surface area (Å²) in [6, 6.07) is 5.40. The molecule has 8 heteroatoms. The molecule has 0 aliphatic rings. The average Bonchev–Trinajstić information content (AvgIpc) is 2.66. The monoisotopic (exact) mass is 414 g/mol. The van der Waals surface area contributed by atoms with Crippen LogP contribution in [-0.2, 0) is 31.1 Å². The standard InChI is InChI=1S/C21H25F3O5/c1-4-15-9-11-17(12-10-15)20(27,21(22,23)24)13-7-8-16(19(26)29-6-3)14-18(25)28-5-2/h7-13,27H,4-6,14H2,1-3H3/b13-7+,16-8+. The van der Waals surface area contributed by atoms with Crippen molar-refractivity contribution in [2.45, 2.75) is 45.4 Å². The summed E-state index contributed by atoms with van der Waals surface area (Å²) >= 11 is 0. The van der Waals surface area contributed by atoms with Gasteiger partial charge < -0.3 is 14.6 Å². The van der Waals surface area contributed by atoms with Gasteiger partial charge in [0.25, 0.3) is 0 Å². The maximum Gasteiger partial charge on any atom is 0.425 e. The number of carbonyl (C=O) groups excluding carboxylic acids is 2. The quantitative estimate of drug-likeness (QED) is 0.376. The van der Waals surface area contributed by atoms with E-state index >= 15 is 0 Å². The molecular formula is C21H25F3O5. The molecule has 1 atom stereocenters. The molecule has 0 bridgehead atoms. The maximum absolute atomic E-state index is 13.6. The van der Waals surface area contributed by atoms with Crippen LogP contribution in [0.15, 0.2) is 48.1 Å². The Hall–Kier alpha value is -2.61. The highest BCUT2D eigenvalue weighted by Crippen LogP contribution is 2.40. The molecular weight excluding hydrogens is 389 g/mol. The second kappa shape index (κ2) is 10.8. The molecule has 29 heavy (non-hydrogen) atoms. The van der Waals surface area contributed by atoms with Crippen LogP contribution in [0.25, 0.3) is 0 Å². The van der Waals surface area contributed by atoms with E-state index in [1.165, 1.54) is 24.3 Å². The first-order valence-electron chi connectivity index (χ1n) is 9.18. The van der Waals surface area contributed by atoms with Crippen molar-refractivity contribution < 1.29 is 37.3 Å². The summed E-state index contributed by atoms with van der Waals surface area (Å²) in [5.74, 6) is -1.57. The number of allylic oxidation sites excluding steroid dienone is 2. The fourth-order valence-electron chi connectivity index (χ4n) is 2.44. The number of aryl methyl sites for hydroxylation is 1. The van der Waals surface area contributed by atoms with Crippen molar-refractivity contribution in [3.8, 4) is 0 Å². The Morgan fingerprint density at radius 2 is 1.62 bits per heavy atom. The van der Waals surface area contributed by atoms with Crippen LogP contribution in [0.1, 0.15) is 38.3 Å². The highest BCUT2D eigenvalue weighted by Gasteiger charge is 2.53. The molecule has 0 saturated carbocycles. The summed E-state index contributed by atoms with van der Waals surface area (Å²) in [5, 5.41) is 10.4. The number of hydrogen-bond acceptors (Lipinski definition) is 5. The summed E-state index contributed by atoms with van der Waals surface area (Å²) in [6.45, 7) is 5.11. The van der Waals surface area contributed by atoms with Crippen molar-refractivity contribution in [3.63, 3.8) is 0 Å². The second-order valence-electron chi connectivity index (χ2n) is 6.07. The molecule has 0 radical (unpaired) electrons. The van der Waals surface area contributed by atoms with Gasteiger partial charge in [-0.2, -0.15) is 13.2 Å². The first-order chi connectivity index (χ1) is 13.6. The molecule has 0 aliphatic carbocycles. The predicted molar refractivity (Wildman–Crippen MR) is 101 cm³/mol. The first-order valence-corrected chi connectivity index (χ1v) is 9.18. The number of halogens is 3. The van der Waals surface area contributed by atoms with E-state index in [9.17, 15) is 27.9 Å². The van der Waals surface area contributed by atoms with E-state index in [1.807, 2.05) is 6.92 Å². The number of esters is 2. The molecule has 1 unspecified atom stereocenters. The van der Waals surface area contributed by atoms with Gasteiger partial charge in [0.15, 0.2) is 0 Å². The molecule has 1 aromatic carbocycles. The topological polar surface area (TPSA) is 72.8 Å². The van der Waals surface area contributed by atoms with Gasteiger partial charge in [-0.15, -0.1) is 0 Å². The number of ether oxygens (including phenoxy) is 2.